The van der Waals surface area contributed by atoms with Crippen molar-refractivity contribution in [3.8, 4) is 0 Å². The highest BCUT2D eigenvalue weighted by Crippen LogP contribution is 2.23. The Kier molecular flexibility index (Phi) is 5.21. The molecule has 0 bridgehead atoms. The van der Waals surface area contributed by atoms with E-state index in [1.54, 1.807) is 7.05 Å². The van der Waals surface area contributed by atoms with Crippen LogP contribution in [-0.4, -0.2) is 31.9 Å². The van der Waals surface area contributed by atoms with Gasteiger partial charge in [-0.05, 0) is 26.2 Å². The molecule has 4 nitrogen and oxygen atoms in total. The van der Waals surface area contributed by atoms with Gasteiger partial charge in [-0.3, -0.25) is 0 Å². The van der Waals surface area contributed by atoms with Gasteiger partial charge in [-0.15, -0.1) is 0 Å². The molecule has 1 rings (SSSR count). The SMILES string of the molecule is CCC(C)NS(=O)(=O)N(C)C1CCCCC1. The zero-order valence-electron chi connectivity index (χ0n) is 10.6. The smallest absolute Gasteiger partial charge is 0.199 e. The van der Waals surface area contributed by atoms with E-state index < -0.39 is 10.2 Å². The van der Waals surface area contributed by atoms with Gasteiger partial charge in [0.25, 0.3) is 10.2 Å². The lowest BCUT2D eigenvalue weighted by Gasteiger charge is -2.31. The molecular weight excluding hydrogens is 224 g/mol. The van der Waals surface area contributed by atoms with E-state index in [2.05, 4.69) is 4.72 Å². The van der Waals surface area contributed by atoms with E-state index in [-0.39, 0.29) is 12.1 Å². The van der Waals surface area contributed by atoms with Gasteiger partial charge in [0.15, 0.2) is 0 Å². The van der Waals surface area contributed by atoms with Crippen LogP contribution in [0.3, 0.4) is 0 Å². The van der Waals surface area contributed by atoms with E-state index >= 15 is 0 Å². The fourth-order valence-electron chi connectivity index (χ4n) is 2.06. The van der Waals surface area contributed by atoms with Crippen LogP contribution in [0.2, 0.25) is 0 Å². The Bertz CT molecular complexity index is 297. The molecule has 1 fully saturated rings. The third kappa shape index (κ3) is 3.71. The summed E-state index contributed by atoms with van der Waals surface area (Å²) in [7, 11) is -1.59. The van der Waals surface area contributed by atoms with Crippen LogP contribution in [0.15, 0.2) is 0 Å². The molecule has 0 aliphatic heterocycles. The molecule has 5 heteroatoms. The minimum Gasteiger partial charge on any atom is -0.199 e. The second-order valence-corrected chi connectivity index (χ2v) is 6.50. The third-order valence-corrected chi connectivity index (χ3v) is 5.19. The van der Waals surface area contributed by atoms with E-state index in [0.717, 1.165) is 32.1 Å². The van der Waals surface area contributed by atoms with Crippen molar-refractivity contribution in [1.29, 1.82) is 0 Å². The van der Waals surface area contributed by atoms with Crippen molar-refractivity contribution in [3.05, 3.63) is 0 Å². The summed E-state index contributed by atoms with van der Waals surface area (Å²) >= 11 is 0. The van der Waals surface area contributed by atoms with Crippen molar-refractivity contribution in [1.82, 2.24) is 9.03 Å². The zero-order valence-corrected chi connectivity index (χ0v) is 11.4. The van der Waals surface area contributed by atoms with Crippen molar-refractivity contribution in [2.75, 3.05) is 7.05 Å². The maximum Gasteiger partial charge on any atom is 0.279 e. The minimum atomic E-state index is -3.29. The van der Waals surface area contributed by atoms with E-state index in [1.165, 1.54) is 10.7 Å². The van der Waals surface area contributed by atoms with Gasteiger partial charge < -0.3 is 0 Å². The predicted octanol–water partition coefficient (Wildman–Crippen LogP) is 1.88. The van der Waals surface area contributed by atoms with Crippen LogP contribution in [0.25, 0.3) is 0 Å². The van der Waals surface area contributed by atoms with Crippen LogP contribution < -0.4 is 4.72 Å². The standard InChI is InChI=1S/C11H24N2O2S/c1-4-10(2)12-16(14,15)13(3)11-8-6-5-7-9-11/h10-12H,4-9H2,1-3H3. The van der Waals surface area contributed by atoms with Crippen molar-refractivity contribution in [2.24, 2.45) is 0 Å². The summed E-state index contributed by atoms with van der Waals surface area (Å²) in [6.07, 6.45) is 6.35. The lowest BCUT2D eigenvalue weighted by Crippen LogP contribution is -2.47. The molecule has 1 N–H and O–H groups in total. The van der Waals surface area contributed by atoms with Crippen LogP contribution >= 0.6 is 0 Å². The first-order chi connectivity index (χ1) is 7.47. The average Bonchev–Trinajstić information content (AvgIpc) is 2.28. The summed E-state index contributed by atoms with van der Waals surface area (Å²) in [5, 5.41) is 0. The molecule has 0 spiro atoms. The number of rotatable bonds is 5. The number of hydrogen-bond donors (Lipinski definition) is 1. The van der Waals surface area contributed by atoms with Gasteiger partial charge in [0, 0.05) is 19.1 Å². The van der Waals surface area contributed by atoms with Gasteiger partial charge >= 0.3 is 0 Å². The summed E-state index contributed by atoms with van der Waals surface area (Å²) in [6.45, 7) is 3.88. The Morgan fingerprint density at radius 3 is 2.38 bits per heavy atom. The first kappa shape index (κ1) is 13.9. The molecule has 1 unspecified atom stereocenters. The van der Waals surface area contributed by atoms with Gasteiger partial charge in [-0.2, -0.15) is 17.4 Å². The van der Waals surface area contributed by atoms with Crippen molar-refractivity contribution in [3.63, 3.8) is 0 Å². The molecule has 0 aromatic carbocycles. The summed E-state index contributed by atoms with van der Waals surface area (Å²) in [5.74, 6) is 0. The molecule has 16 heavy (non-hydrogen) atoms. The zero-order chi connectivity index (χ0) is 12.2. The first-order valence-electron chi connectivity index (χ1n) is 6.22. The lowest BCUT2D eigenvalue weighted by molar-refractivity contribution is 0.281. The van der Waals surface area contributed by atoms with Gasteiger partial charge in [-0.1, -0.05) is 26.2 Å². The first-order valence-corrected chi connectivity index (χ1v) is 7.66. The second kappa shape index (κ2) is 5.98. The number of hydrogen-bond acceptors (Lipinski definition) is 2. The predicted molar refractivity (Wildman–Crippen MR) is 66.4 cm³/mol. The van der Waals surface area contributed by atoms with E-state index in [1.807, 2.05) is 13.8 Å². The molecule has 1 atom stereocenters. The van der Waals surface area contributed by atoms with Gasteiger partial charge in [0.2, 0.25) is 0 Å². The Labute approximate surface area is 99.6 Å². The fraction of sp³-hybridized carbons (Fsp3) is 1.00. The molecule has 0 aromatic heterocycles. The summed E-state index contributed by atoms with van der Waals surface area (Å²) < 4.78 is 28.3. The Morgan fingerprint density at radius 2 is 1.88 bits per heavy atom. The fourth-order valence-corrected chi connectivity index (χ4v) is 3.51. The average molecular weight is 248 g/mol. The molecular formula is C11H24N2O2S. The normalized spacial score (nSPS) is 21.2. The largest absolute Gasteiger partial charge is 0.279 e. The summed E-state index contributed by atoms with van der Waals surface area (Å²) in [5.41, 5.74) is 0. The van der Waals surface area contributed by atoms with E-state index in [4.69, 9.17) is 0 Å². The topological polar surface area (TPSA) is 49.4 Å². The Hall–Kier alpha value is -0.130. The van der Waals surface area contributed by atoms with E-state index in [9.17, 15) is 8.42 Å². The van der Waals surface area contributed by atoms with Gasteiger partial charge in [0.05, 0.1) is 0 Å². The van der Waals surface area contributed by atoms with Gasteiger partial charge in [-0.25, -0.2) is 0 Å². The summed E-state index contributed by atoms with van der Waals surface area (Å²) in [4.78, 5) is 0. The number of nitrogens with one attached hydrogen (secondary N) is 1. The third-order valence-electron chi connectivity index (χ3n) is 3.43. The second-order valence-electron chi connectivity index (χ2n) is 4.74. The highest BCUT2D eigenvalue weighted by molar-refractivity contribution is 7.87. The molecule has 0 saturated heterocycles. The molecule has 1 saturated carbocycles. The van der Waals surface area contributed by atoms with Crippen molar-refractivity contribution in [2.45, 2.75) is 64.5 Å². The maximum absolute atomic E-state index is 12.0. The van der Waals surface area contributed by atoms with E-state index in [0.29, 0.717) is 0 Å². The molecule has 1 aliphatic rings. The Morgan fingerprint density at radius 1 is 1.31 bits per heavy atom. The minimum absolute atomic E-state index is 0.0102. The summed E-state index contributed by atoms with van der Waals surface area (Å²) in [6, 6.07) is 0.200. The number of nitrogens with zero attached hydrogens (tertiary/aromatic N) is 1. The van der Waals surface area contributed by atoms with Crippen LogP contribution in [0.1, 0.15) is 52.4 Å². The van der Waals surface area contributed by atoms with Crippen molar-refractivity contribution < 1.29 is 8.42 Å². The van der Waals surface area contributed by atoms with Crippen LogP contribution in [-0.2, 0) is 10.2 Å². The molecule has 96 valence electrons. The molecule has 0 aromatic rings. The molecule has 0 amide bonds. The molecule has 0 heterocycles. The van der Waals surface area contributed by atoms with Gasteiger partial charge in [0.1, 0.15) is 0 Å². The maximum atomic E-state index is 12.0. The van der Waals surface area contributed by atoms with Crippen molar-refractivity contribution >= 4 is 10.2 Å². The molecule has 1 aliphatic carbocycles. The van der Waals surface area contributed by atoms with Crippen LogP contribution in [0, 0.1) is 0 Å². The lowest BCUT2D eigenvalue weighted by atomic mass is 9.96. The monoisotopic (exact) mass is 248 g/mol. The quantitative estimate of drug-likeness (QED) is 0.807. The highest BCUT2D eigenvalue weighted by Gasteiger charge is 2.27. The molecule has 0 radical (unpaired) electrons. The van der Waals surface area contributed by atoms with Crippen LogP contribution in [0.4, 0.5) is 0 Å². The Balaban J connectivity index is 2.59. The van der Waals surface area contributed by atoms with Crippen LogP contribution in [0.5, 0.6) is 0 Å². The highest BCUT2D eigenvalue weighted by atomic mass is 32.2.